The van der Waals surface area contributed by atoms with Crippen LogP contribution in [0, 0.1) is 12.0 Å². The lowest BCUT2D eigenvalue weighted by atomic mass is 10.1. The van der Waals surface area contributed by atoms with Gasteiger partial charge in [-0.05, 0) is 13.0 Å². The normalized spacial score (nSPS) is 11.6. The zero-order chi connectivity index (χ0) is 11.3. The van der Waals surface area contributed by atoms with Gasteiger partial charge in [0.15, 0.2) is 0 Å². The van der Waals surface area contributed by atoms with Gasteiger partial charge in [0.1, 0.15) is 5.92 Å². The molecule has 0 bridgehead atoms. The van der Waals surface area contributed by atoms with E-state index in [2.05, 4.69) is 16.1 Å². The number of hydrogen-bond acceptors (Lipinski definition) is 3. The summed E-state index contributed by atoms with van der Waals surface area (Å²) in [6.07, 6.45) is 0. The minimum absolute atomic E-state index is 0.399. The van der Waals surface area contributed by atoms with E-state index in [1.807, 2.05) is 0 Å². The first-order chi connectivity index (χ1) is 7.15. The summed E-state index contributed by atoms with van der Waals surface area (Å²) in [6, 6.07) is 9.77. The van der Waals surface area contributed by atoms with Gasteiger partial charge >= 0.3 is 5.97 Å². The third kappa shape index (κ3) is 3.09. The average Bonchev–Trinajstić information content (AvgIpc) is 2.28. The van der Waals surface area contributed by atoms with Crippen molar-refractivity contribution >= 4 is 17.6 Å². The predicted molar refractivity (Wildman–Crippen MR) is 55.1 cm³/mol. The Morgan fingerprint density at radius 1 is 1.47 bits per heavy atom. The minimum atomic E-state index is -0.816. The van der Waals surface area contributed by atoms with Crippen LogP contribution in [-0.4, -0.2) is 19.0 Å². The van der Waals surface area contributed by atoms with Crippen molar-refractivity contribution < 1.29 is 14.3 Å². The molecule has 79 valence electrons. The third-order valence-corrected chi connectivity index (χ3v) is 1.91. The molecule has 15 heavy (non-hydrogen) atoms. The molecule has 1 atom stereocenters. The van der Waals surface area contributed by atoms with E-state index in [0.29, 0.717) is 5.69 Å². The maximum atomic E-state index is 11.5. The second-order valence-electron chi connectivity index (χ2n) is 3.01. The smallest absolute Gasteiger partial charge is 0.317 e. The summed E-state index contributed by atoms with van der Waals surface area (Å²) in [6.45, 7) is 1.49. The van der Waals surface area contributed by atoms with Crippen molar-refractivity contribution in [1.29, 1.82) is 0 Å². The van der Waals surface area contributed by atoms with Gasteiger partial charge in [-0.3, -0.25) is 9.59 Å². The first-order valence-corrected chi connectivity index (χ1v) is 4.50. The summed E-state index contributed by atoms with van der Waals surface area (Å²) in [5.74, 6) is -1.77. The van der Waals surface area contributed by atoms with Crippen LogP contribution in [-0.2, 0) is 14.3 Å². The fourth-order valence-corrected chi connectivity index (χ4v) is 0.996. The lowest BCUT2D eigenvalue weighted by Crippen LogP contribution is -2.28. The van der Waals surface area contributed by atoms with Crippen LogP contribution in [0.2, 0.25) is 0 Å². The quantitative estimate of drug-likeness (QED) is 0.598. The maximum absolute atomic E-state index is 11.5. The van der Waals surface area contributed by atoms with Gasteiger partial charge in [-0.1, -0.05) is 18.2 Å². The Labute approximate surface area is 88.2 Å². The SMILES string of the molecule is COC(=O)C(C)C(=O)Nc1[c]cccc1. The largest absolute Gasteiger partial charge is 0.468 e. The Kier molecular flexibility index (Phi) is 3.85. The number of nitrogens with one attached hydrogen (secondary N) is 1. The van der Waals surface area contributed by atoms with Crippen LogP contribution < -0.4 is 5.32 Å². The highest BCUT2D eigenvalue weighted by molar-refractivity contribution is 6.04. The van der Waals surface area contributed by atoms with E-state index in [4.69, 9.17) is 0 Å². The highest BCUT2D eigenvalue weighted by Crippen LogP contribution is 2.07. The number of benzene rings is 1. The van der Waals surface area contributed by atoms with Crippen molar-refractivity contribution in [1.82, 2.24) is 0 Å². The van der Waals surface area contributed by atoms with Crippen molar-refractivity contribution in [2.24, 2.45) is 5.92 Å². The molecule has 0 heterocycles. The number of para-hydroxylation sites is 1. The van der Waals surface area contributed by atoms with Crippen LogP contribution in [0.4, 0.5) is 5.69 Å². The molecule has 4 nitrogen and oxygen atoms in total. The van der Waals surface area contributed by atoms with Crippen molar-refractivity contribution in [3.8, 4) is 0 Å². The highest BCUT2D eigenvalue weighted by Gasteiger charge is 2.21. The van der Waals surface area contributed by atoms with Gasteiger partial charge in [0, 0.05) is 11.8 Å². The van der Waals surface area contributed by atoms with Gasteiger partial charge in [-0.25, -0.2) is 0 Å². The minimum Gasteiger partial charge on any atom is -0.468 e. The van der Waals surface area contributed by atoms with Crippen LogP contribution in [0.3, 0.4) is 0 Å². The number of rotatable bonds is 3. The molecule has 1 aromatic rings. The molecule has 1 amide bonds. The van der Waals surface area contributed by atoms with Crippen LogP contribution >= 0.6 is 0 Å². The zero-order valence-corrected chi connectivity index (χ0v) is 8.61. The van der Waals surface area contributed by atoms with E-state index in [9.17, 15) is 9.59 Å². The molecule has 1 unspecified atom stereocenters. The first kappa shape index (κ1) is 11.2. The van der Waals surface area contributed by atoms with Crippen molar-refractivity contribution in [2.75, 3.05) is 12.4 Å². The van der Waals surface area contributed by atoms with Crippen LogP contribution in [0.5, 0.6) is 0 Å². The molecule has 0 saturated heterocycles. The molecule has 0 aliphatic rings. The van der Waals surface area contributed by atoms with Crippen LogP contribution in [0.15, 0.2) is 24.3 Å². The number of amides is 1. The monoisotopic (exact) mass is 206 g/mol. The molecule has 1 aromatic carbocycles. The lowest BCUT2D eigenvalue weighted by Gasteiger charge is -2.09. The molecule has 0 fully saturated rings. The summed E-state index contributed by atoms with van der Waals surface area (Å²) in [5, 5.41) is 2.56. The third-order valence-electron chi connectivity index (χ3n) is 1.91. The molecule has 0 spiro atoms. The van der Waals surface area contributed by atoms with E-state index in [0.717, 1.165) is 0 Å². The maximum Gasteiger partial charge on any atom is 0.317 e. The number of carbonyl (C=O) groups excluding carboxylic acids is 2. The van der Waals surface area contributed by atoms with Gasteiger partial charge in [-0.2, -0.15) is 0 Å². The molecule has 0 saturated carbocycles. The Morgan fingerprint density at radius 2 is 2.20 bits per heavy atom. The molecule has 0 aromatic heterocycles. The van der Waals surface area contributed by atoms with E-state index in [-0.39, 0.29) is 0 Å². The highest BCUT2D eigenvalue weighted by atomic mass is 16.5. The van der Waals surface area contributed by atoms with Crippen molar-refractivity contribution in [2.45, 2.75) is 6.92 Å². The van der Waals surface area contributed by atoms with Crippen LogP contribution in [0.1, 0.15) is 6.92 Å². The average molecular weight is 206 g/mol. The lowest BCUT2D eigenvalue weighted by molar-refractivity contribution is -0.147. The summed E-state index contributed by atoms with van der Waals surface area (Å²) >= 11 is 0. The Bertz CT molecular complexity index is 348. The molecule has 1 rings (SSSR count). The van der Waals surface area contributed by atoms with Crippen molar-refractivity contribution in [3.63, 3.8) is 0 Å². The van der Waals surface area contributed by atoms with Gasteiger partial charge in [0.05, 0.1) is 7.11 Å². The second-order valence-corrected chi connectivity index (χ2v) is 3.01. The Morgan fingerprint density at radius 3 is 2.73 bits per heavy atom. The van der Waals surface area contributed by atoms with E-state index >= 15 is 0 Å². The summed E-state index contributed by atoms with van der Waals surface area (Å²) in [4.78, 5) is 22.5. The number of carbonyl (C=O) groups is 2. The molecule has 1 radical (unpaired) electrons. The number of anilines is 1. The Balaban J connectivity index is 2.60. The molecule has 4 heteroatoms. The van der Waals surface area contributed by atoms with Gasteiger partial charge in [-0.15, -0.1) is 0 Å². The fraction of sp³-hybridized carbons (Fsp3) is 0.273. The Hall–Kier alpha value is -1.84. The van der Waals surface area contributed by atoms with Gasteiger partial charge in [0.2, 0.25) is 5.91 Å². The van der Waals surface area contributed by atoms with Crippen LogP contribution in [0.25, 0.3) is 0 Å². The first-order valence-electron chi connectivity index (χ1n) is 4.50. The number of methoxy groups -OCH3 is 1. The molecular formula is C11H12NO3. The number of hydrogen-bond donors (Lipinski definition) is 1. The zero-order valence-electron chi connectivity index (χ0n) is 8.61. The van der Waals surface area contributed by atoms with E-state index in [1.54, 1.807) is 24.3 Å². The standard InChI is InChI=1S/C11H12NO3/c1-8(11(14)15-2)10(13)12-9-6-4-3-5-7-9/h3-6,8H,1-2H3,(H,12,13). The molecular weight excluding hydrogens is 194 g/mol. The number of esters is 1. The van der Waals surface area contributed by atoms with Gasteiger partial charge < -0.3 is 10.1 Å². The number of ether oxygens (including phenoxy) is 1. The summed E-state index contributed by atoms with van der Waals surface area (Å²) in [7, 11) is 1.25. The predicted octanol–water partition coefficient (Wildman–Crippen LogP) is 1.23. The van der Waals surface area contributed by atoms with E-state index < -0.39 is 17.8 Å². The van der Waals surface area contributed by atoms with Gasteiger partial charge in [0.25, 0.3) is 0 Å². The molecule has 0 aliphatic carbocycles. The fourth-order valence-electron chi connectivity index (χ4n) is 0.996. The van der Waals surface area contributed by atoms with Crippen molar-refractivity contribution in [3.05, 3.63) is 30.3 Å². The van der Waals surface area contributed by atoms with E-state index in [1.165, 1.54) is 14.0 Å². The molecule has 0 aliphatic heterocycles. The summed E-state index contributed by atoms with van der Waals surface area (Å²) < 4.78 is 4.46. The molecule has 1 N–H and O–H groups in total. The summed E-state index contributed by atoms with van der Waals surface area (Å²) in [5.41, 5.74) is 0.540. The second kappa shape index (κ2) is 5.14. The topological polar surface area (TPSA) is 55.4 Å².